The Bertz CT molecular complexity index is 879. The fourth-order valence-corrected chi connectivity index (χ4v) is 2.82. The molecule has 1 amide bonds. The minimum atomic E-state index is -0.574. The Hall–Kier alpha value is -2.37. The number of ether oxygens (including phenoxy) is 1. The van der Waals surface area contributed by atoms with Crippen LogP contribution in [0, 0.1) is 12.3 Å². The van der Waals surface area contributed by atoms with Crippen molar-refractivity contribution in [3.8, 4) is 5.75 Å². The van der Waals surface area contributed by atoms with Crippen LogP contribution in [0.1, 0.15) is 38.0 Å². The van der Waals surface area contributed by atoms with Crippen molar-refractivity contribution in [1.82, 2.24) is 30.7 Å². The third-order valence-corrected chi connectivity index (χ3v) is 5.08. The molecule has 1 aromatic heterocycles. The minimum absolute atomic E-state index is 0. The van der Waals surface area contributed by atoms with Crippen molar-refractivity contribution in [2.24, 2.45) is 17.5 Å². The molecule has 178 valence electrons. The fourth-order valence-electron chi connectivity index (χ4n) is 2.82. The van der Waals surface area contributed by atoms with Crippen LogP contribution in [-0.2, 0) is 24.8 Å². The highest BCUT2D eigenvalue weighted by atomic mass is 127. The number of aryl methyl sites for hydroxylation is 1. The Morgan fingerprint density at radius 2 is 1.84 bits per heavy atom. The third kappa shape index (κ3) is 8.29. The van der Waals surface area contributed by atoms with Crippen LogP contribution >= 0.6 is 24.0 Å². The Kier molecular flexibility index (Phi) is 11.4. The lowest BCUT2D eigenvalue weighted by molar-refractivity contribution is -0.128. The van der Waals surface area contributed by atoms with Gasteiger partial charge in [0, 0.05) is 26.7 Å². The summed E-state index contributed by atoms with van der Waals surface area (Å²) >= 11 is 0. The monoisotopic (exact) mass is 557 g/mol. The lowest BCUT2D eigenvalue weighted by atomic mass is 9.92. The van der Waals surface area contributed by atoms with Crippen LogP contribution in [0.5, 0.6) is 5.75 Å². The fraction of sp³-hybridized carbons (Fsp3) is 0.545. The van der Waals surface area contributed by atoms with Gasteiger partial charge in [0.25, 0.3) is 0 Å². The number of methoxy groups -OCH3 is 1. The van der Waals surface area contributed by atoms with Crippen LogP contribution in [0.15, 0.2) is 29.3 Å². The van der Waals surface area contributed by atoms with Gasteiger partial charge in [0.1, 0.15) is 18.1 Å². The van der Waals surface area contributed by atoms with Crippen LogP contribution in [0.2, 0.25) is 0 Å². The van der Waals surface area contributed by atoms with Crippen molar-refractivity contribution in [3.05, 3.63) is 41.5 Å². The number of amides is 1. The number of hydrogen-bond acceptors (Lipinski definition) is 5. The van der Waals surface area contributed by atoms with E-state index < -0.39 is 5.41 Å². The maximum Gasteiger partial charge on any atom is 0.227 e. The Labute approximate surface area is 207 Å². The van der Waals surface area contributed by atoms with E-state index in [1.165, 1.54) is 5.56 Å². The first-order chi connectivity index (χ1) is 14.8. The van der Waals surface area contributed by atoms with E-state index >= 15 is 0 Å². The molecule has 0 spiro atoms. The van der Waals surface area contributed by atoms with E-state index in [1.54, 1.807) is 7.11 Å². The van der Waals surface area contributed by atoms with E-state index in [1.807, 2.05) is 63.6 Å². The van der Waals surface area contributed by atoms with Crippen molar-refractivity contribution in [3.63, 3.8) is 0 Å². The second kappa shape index (κ2) is 13.2. The molecule has 0 aliphatic heterocycles. The molecular formula is C22H36IN7O2. The smallest absolute Gasteiger partial charge is 0.227 e. The largest absolute Gasteiger partial charge is 0.497 e. The number of hydrogen-bond donors (Lipinski definition) is 3. The summed E-state index contributed by atoms with van der Waals surface area (Å²) in [6, 6.07) is 8.00. The van der Waals surface area contributed by atoms with Gasteiger partial charge in [-0.15, -0.1) is 34.2 Å². The molecule has 0 fully saturated rings. The van der Waals surface area contributed by atoms with Crippen LogP contribution in [0.4, 0.5) is 0 Å². The van der Waals surface area contributed by atoms with Crippen molar-refractivity contribution in [2.75, 3.05) is 26.7 Å². The molecule has 2 rings (SSSR count). The van der Waals surface area contributed by atoms with Gasteiger partial charge in [-0.05, 0) is 51.8 Å². The Morgan fingerprint density at radius 3 is 2.41 bits per heavy atom. The van der Waals surface area contributed by atoms with E-state index in [0.29, 0.717) is 32.1 Å². The van der Waals surface area contributed by atoms with Crippen molar-refractivity contribution < 1.29 is 9.53 Å². The number of carbonyl (C=O) groups excluding carboxylic acids is 1. The van der Waals surface area contributed by atoms with Crippen molar-refractivity contribution >= 4 is 35.8 Å². The topological polar surface area (TPSA) is 105 Å². The lowest BCUT2D eigenvalue weighted by Crippen LogP contribution is -2.48. The molecule has 0 radical (unpaired) electrons. The Balaban J connectivity index is 0.00000512. The van der Waals surface area contributed by atoms with Crippen LogP contribution in [0.3, 0.4) is 0 Å². The lowest BCUT2D eigenvalue weighted by Gasteiger charge is -2.25. The summed E-state index contributed by atoms with van der Waals surface area (Å²) in [5, 5.41) is 17.8. The van der Waals surface area contributed by atoms with Gasteiger partial charge in [-0.3, -0.25) is 4.79 Å². The second-order valence-electron chi connectivity index (χ2n) is 8.01. The molecule has 0 unspecified atom stereocenters. The van der Waals surface area contributed by atoms with E-state index in [-0.39, 0.29) is 29.9 Å². The quantitative estimate of drug-likeness (QED) is 0.235. The van der Waals surface area contributed by atoms with E-state index in [9.17, 15) is 4.79 Å². The highest BCUT2D eigenvalue weighted by Gasteiger charge is 2.27. The number of rotatable bonds is 10. The highest BCUT2D eigenvalue weighted by Crippen LogP contribution is 2.14. The molecule has 0 aliphatic rings. The number of nitrogens with one attached hydrogen (secondary N) is 3. The van der Waals surface area contributed by atoms with Crippen LogP contribution in [0.25, 0.3) is 0 Å². The van der Waals surface area contributed by atoms with Crippen LogP contribution < -0.4 is 20.7 Å². The molecular weight excluding hydrogens is 521 g/mol. The molecule has 0 atom stereocenters. The number of benzene rings is 1. The molecule has 10 heteroatoms. The maximum atomic E-state index is 12.3. The van der Waals surface area contributed by atoms with Gasteiger partial charge in [-0.25, -0.2) is 4.99 Å². The highest BCUT2D eigenvalue weighted by molar-refractivity contribution is 14.0. The number of carbonyl (C=O) groups is 1. The first kappa shape index (κ1) is 27.7. The van der Waals surface area contributed by atoms with Gasteiger partial charge in [-0.1, -0.05) is 12.1 Å². The maximum absolute atomic E-state index is 12.3. The zero-order chi connectivity index (χ0) is 22.9. The first-order valence-electron chi connectivity index (χ1n) is 10.5. The van der Waals surface area contributed by atoms with E-state index in [0.717, 1.165) is 23.8 Å². The summed E-state index contributed by atoms with van der Waals surface area (Å²) in [7, 11) is 3.58. The predicted octanol–water partition coefficient (Wildman–Crippen LogP) is 2.19. The summed E-state index contributed by atoms with van der Waals surface area (Å²) in [6.45, 7) is 9.77. The SMILES string of the molecule is CCNC(=O)C(C)(C)CNC(=NCc1nnc(C)n1C)NCCc1ccc(OC)cc1.I. The number of halogens is 1. The van der Waals surface area contributed by atoms with E-state index in [2.05, 4.69) is 31.1 Å². The second-order valence-corrected chi connectivity index (χ2v) is 8.01. The average Bonchev–Trinajstić information content (AvgIpc) is 3.08. The normalized spacial score (nSPS) is 11.5. The van der Waals surface area contributed by atoms with Gasteiger partial charge in [-0.2, -0.15) is 0 Å². The molecule has 0 aliphatic carbocycles. The summed E-state index contributed by atoms with van der Waals surface area (Å²) in [6.07, 6.45) is 0.827. The molecule has 1 heterocycles. The van der Waals surface area contributed by atoms with Crippen LogP contribution in [-0.4, -0.2) is 53.4 Å². The molecule has 9 nitrogen and oxygen atoms in total. The number of nitrogens with zero attached hydrogens (tertiary/aromatic N) is 4. The summed E-state index contributed by atoms with van der Waals surface area (Å²) in [4.78, 5) is 17.0. The molecule has 1 aromatic carbocycles. The van der Waals surface area contributed by atoms with Gasteiger partial charge in [0.2, 0.25) is 5.91 Å². The molecule has 0 saturated carbocycles. The predicted molar refractivity (Wildman–Crippen MR) is 137 cm³/mol. The standard InChI is InChI=1S/C22H35N7O2.HI/c1-7-23-20(30)22(3,4)15-26-21(25-14-19-28-27-16(2)29(19)5)24-13-12-17-8-10-18(31-6)11-9-17;/h8-11H,7,12-15H2,1-6H3,(H,23,30)(H2,24,25,26);1H. The minimum Gasteiger partial charge on any atom is -0.497 e. The molecule has 32 heavy (non-hydrogen) atoms. The Morgan fingerprint density at radius 1 is 1.16 bits per heavy atom. The average molecular weight is 557 g/mol. The molecule has 2 aromatic rings. The van der Waals surface area contributed by atoms with Gasteiger partial charge < -0.3 is 25.3 Å². The van der Waals surface area contributed by atoms with Gasteiger partial charge in [0.05, 0.1) is 12.5 Å². The van der Waals surface area contributed by atoms with Gasteiger partial charge >= 0.3 is 0 Å². The van der Waals surface area contributed by atoms with E-state index in [4.69, 9.17) is 4.74 Å². The molecule has 0 bridgehead atoms. The zero-order valence-electron chi connectivity index (χ0n) is 19.9. The molecule has 3 N–H and O–H groups in total. The summed E-state index contributed by atoms with van der Waals surface area (Å²) < 4.78 is 7.12. The van der Waals surface area contributed by atoms with Crippen molar-refractivity contribution in [2.45, 2.75) is 40.7 Å². The summed E-state index contributed by atoms with van der Waals surface area (Å²) in [5.74, 6) is 3.09. The zero-order valence-corrected chi connectivity index (χ0v) is 22.2. The number of guanidine groups is 1. The number of aliphatic imine (C=N–C) groups is 1. The number of aromatic nitrogens is 3. The van der Waals surface area contributed by atoms with Gasteiger partial charge in [0.15, 0.2) is 11.8 Å². The molecule has 0 saturated heterocycles. The first-order valence-corrected chi connectivity index (χ1v) is 10.5. The van der Waals surface area contributed by atoms with Crippen molar-refractivity contribution in [1.29, 1.82) is 0 Å². The summed E-state index contributed by atoms with van der Waals surface area (Å²) in [5.41, 5.74) is 0.620. The third-order valence-electron chi connectivity index (χ3n) is 5.08.